The molecule has 0 saturated heterocycles. The van der Waals surface area contributed by atoms with Crippen LogP contribution in [0.3, 0.4) is 0 Å². The quantitative estimate of drug-likeness (QED) is 0.630. The van der Waals surface area contributed by atoms with Crippen LogP contribution in [0.4, 0.5) is 0 Å². The number of carbonyl (C=O) groups is 1. The van der Waals surface area contributed by atoms with Crippen molar-refractivity contribution >= 4 is 17.6 Å². The van der Waals surface area contributed by atoms with Gasteiger partial charge in [0.2, 0.25) is 0 Å². The fourth-order valence-electron chi connectivity index (χ4n) is 1.57. The van der Waals surface area contributed by atoms with Crippen molar-refractivity contribution in [2.75, 3.05) is 0 Å². The molecule has 0 radical (unpaired) electrons. The second-order valence-electron chi connectivity index (χ2n) is 3.81. The Balaban J connectivity index is 2.24. The second-order valence-corrected chi connectivity index (χ2v) is 4.25. The highest BCUT2D eigenvalue weighted by molar-refractivity contribution is 6.30. The lowest BCUT2D eigenvalue weighted by molar-refractivity contribution is 0.0732. The molecule has 0 amide bonds. The molecule has 0 N–H and O–H groups in total. The van der Waals surface area contributed by atoms with Gasteiger partial charge < -0.3 is 9.26 Å². The average molecular weight is 266 g/mol. The standard InChI is InChI=1S/C13H12ClNO3/c1-3-9-6-10(14)4-5-12(9)18-13(16)11-7-17-15-8(11)2/h4-7H,3H2,1-2H3. The zero-order chi connectivity index (χ0) is 13.1. The number of halogens is 1. The number of aryl methyl sites for hydroxylation is 2. The summed E-state index contributed by atoms with van der Waals surface area (Å²) in [4.78, 5) is 11.9. The fraction of sp³-hybridized carbons (Fsp3) is 0.231. The maximum absolute atomic E-state index is 11.9. The zero-order valence-corrected chi connectivity index (χ0v) is 10.8. The van der Waals surface area contributed by atoms with E-state index in [9.17, 15) is 4.79 Å². The molecule has 0 aliphatic heterocycles. The summed E-state index contributed by atoms with van der Waals surface area (Å²) in [7, 11) is 0. The first kappa shape index (κ1) is 12.6. The van der Waals surface area contributed by atoms with Crippen molar-refractivity contribution < 1.29 is 14.1 Å². The highest BCUT2D eigenvalue weighted by Crippen LogP contribution is 2.24. The number of rotatable bonds is 3. The van der Waals surface area contributed by atoms with E-state index in [2.05, 4.69) is 5.16 Å². The molecule has 1 heterocycles. The summed E-state index contributed by atoms with van der Waals surface area (Å²) in [6, 6.07) is 5.15. The number of benzene rings is 1. The third-order valence-corrected chi connectivity index (χ3v) is 2.81. The van der Waals surface area contributed by atoms with Gasteiger partial charge in [-0.25, -0.2) is 4.79 Å². The van der Waals surface area contributed by atoms with Gasteiger partial charge in [-0.3, -0.25) is 0 Å². The van der Waals surface area contributed by atoms with Gasteiger partial charge in [0.15, 0.2) is 0 Å². The van der Waals surface area contributed by atoms with E-state index < -0.39 is 5.97 Å². The van der Waals surface area contributed by atoms with Gasteiger partial charge in [-0.2, -0.15) is 0 Å². The first-order valence-corrected chi connectivity index (χ1v) is 5.91. The van der Waals surface area contributed by atoms with E-state index in [1.807, 2.05) is 6.92 Å². The van der Waals surface area contributed by atoms with Crippen molar-refractivity contribution in [2.24, 2.45) is 0 Å². The molecule has 18 heavy (non-hydrogen) atoms. The summed E-state index contributed by atoms with van der Waals surface area (Å²) in [6.45, 7) is 3.65. The molecule has 0 aliphatic rings. The van der Waals surface area contributed by atoms with E-state index in [1.165, 1.54) is 6.26 Å². The van der Waals surface area contributed by atoms with E-state index >= 15 is 0 Å². The molecule has 0 spiro atoms. The summed E-state index contributed by atoms with van der Waals surface area (Å²) < 4.78 is 10.0. The Bertz CT molecular complexity index is 577. The lowest BCUT2D eigenvalue weighted by Gasteiger charge is -2.08. The van der Waals surface area contributed by atoms with Crippen molar-refractivity contribution in [3.05, 3.63) is 46.3 Å². The molecule has 0 unspecified atom stereocenters. The van der Waals surface area contributed by atoms with Gasteiger partial charge in [0.05, 0.1) is 5.69 Å². The Hall–Kier alpha value is -1.81. The monoisotopic (exact) mass is 265 g/mol. The molecule has 1 aromatic carbocycles. The summed E-state index contributed by atoms with van der Waals surface area (Å²) in [6.07, 6.45) is 2.00. The molecule has 0 fully saturated rings. The summed E-state index contributed by atoms with van der Waals surface area (Å²) in [5.74, 6) is 0.0262. The first-order valence-electron chi connectivity index (χ1n) is 5.53. The molecule has 0 saturated carbocycles. The van der Waals surface area contributed by atoms with Crippen molar-refractivity contribution in [3.63, 3.8) is 0 Å². The Kier molecular flexibility index (Phi) is 3.67. The van der Waals surface area contributed by atoms with Crippen LogP contribution in [-0.4, -0.2) is 11.1 Å². The van der Waals surface area contributed by atoms with Gasteiger partial charge >= 0.3 is 5.97 Å². The van der Waals surface area contributed by atoms with Crippen molar-refractivity contribution in [3.8, 4) is 5.75 Å². The van der Waals surface area contributed by atoms with Crippen molar-refractivity contribution in [1.82, 2.24) is 5.16 Å². The van der Waals surface area contributed by atoms with E-state index in [1.54, 1.807) is 25.1 Å². The van der Waals surface area contributed by atoms with Crippen molar-refractivity contribution in [2.45, 2.75) is 20.3 Å². The van der Waals surface area contributed by atoms with Crippen LogP contribution in [-0.2, 0) is 6.42 Å². The molecule has 2 aromatic rings. The molecular weight excluding hydrogens is 254 g/mol. The highest BCUT2D eigenvalue weighted by Gasteiger charge is 2.16. The van der Waals surface area contributed by atoms with Crippen LogP contribution in [0.15, 0.2) is 29.0 Å². The number of aromatic nitrogens is 1. The van der Waals surface area contributed by atoms with Gasteiger partial charge in [-0.15, -0.1) is 0 Å². The van der Waals surface area contributed by atoms with E-state index in [4.69, 9.17) is 20.9 Å². The molecule has 5 heteroatoms. The molecule has 1 aromatic heterocycles. The smallest absolute Gasteiger partial charge is 0.348 e. The first-order chi connectivity index (χ1) is 8.61. The van der Waals surface area contributed by atoms with Gasteiger partial charge in [0, 0.05) is 5.02 Å². The Labute approximate surface area is 109 Å². The molecule has 2 rings (SSSR count). The van der Waals surface area contributed by atoms with Crippen LogP contribution in [0.2, 0.25) is 5.02 Å². The predicted octanol–water partition coefficient (Wildman–Crippen LogP) is 3.42. The van der Waals surface area contributed by atoms with Crippen LogP contribution >= 0.6 is 11.6 Å². The predicted molar refractivity (Wildman–Crippen MR) is 67.0 cm³/mol. The number of ether oxygens (including phenoxy) is 1. The topological polar surface area (TPSA) is 52.3 Å². The molecule has 4 nitrogen and oxygen atoms in total. The molecule has 94 valence electrons. The lowest BCUT2D eigenvalue weighted by Crippen LogP contribution is -2.10. The number of carbonyl (C=O) groups excluding carboxylic acids is 1. The molecular formula is C13H12ClNO3. The van der Waals surface area contributed by atoms with E-state index in [-0.39, 0.29) is 0 Å². The van der Waals surface area contributed by atoms with Gasteiger partial charge in [0.25, 0.3) is 0 Å². The summed E-state index contributed by atoms with van der Waals surface area (Å²) in [5.41, 5.74) is 1.71. The van der Waals surface area contributed by atoms with Crippen LogP contribution < -0.4 is 4.74 Å². The SMILES string of the molecule is CCc1cc(Cl)ccc1OC(=O)c1conc1C. The van der Waals surface area contributed by atoms with Gasteiger partial charge in [-0.05, 0) is 37.1 Å². The zero-order valence-electron chi connectivity index (χ0n) is 10.1. The van der Waals surface area contributed by atoms with Crippen LogP contribution in [0.1, 0.15) is 28.5 Å². The molecule has 0 bridgehead atoms. The number of nitrogens with zero attached hydrogens (tertiary/aromatic N) is 1. The maximum atomic E-state index is 11.9. The van der Waals surface area contributed by atoms with Crippen LogP contribution in [0, 0.1) is 6.92 Å². The maximum Gasteiger partial charge on any atom is 0.348 e. The summed E-state index contributed by atoms with van der Waals surface area (Å²) in [5, 5.41) is 4.26. The minimum Gasteiger partial charge on any atom is -0.423 e. The van der Waals surface area contributed by atoms with E-state index in [0.29, 0.717) is 22.0 Å². The molecule has 0 aliphatic carbocycles. The second kappa shape index (κ2) is 5.23. The van der Waals surface area contributed by atoms with Crippen LogP contribution in [0.5, 0.6) is 5.75 Å². The van der Waals surface area contributed by atoms with Gasteiger partial charge in [0.1, 0.15) is 17.6 Å². The molecule has 0 atom stereocenters. The Morgan fingerprint density at radius 1 is 1.50 bits per heavy atom. The van der Waals surface area contributed by atoms with Crippen molar-refractivity contribution in [1.29, 1.82) is 0 Å². The Morgan fingerprint density at radius 2 is 2.28 bits per heavy atom. The highest BCUT2D eigenvalue weighted by atomic mass is 35.5. The largest absolute Gasteiger partial charge is 0.423 e. The average Bonchev–Trinajstić information content (AvgIpc) is 2.77. The number of hydrogen-bond acceptors (Lipinski definition) is 4. The number of hydrogen-bond donors (Lipinski definition) is 0. The summed E-state index contributed by atoms with van der Waals surface area (Å²) >= 11 is 5.89. The van der Waals surface area contributed by atoms with Crippen LogP contribution in [0.25, 0.3) is 0 Å². The normalized spacial score (nSPS) is 10.4. The third kappa shape index (κ3) is 2.54. The third-order valence-electron chi connectivity index (χ3n) is 2.58. The van der Waals surface area contributed by atoms with Gasteiger partial charge in [-0.1, -0.05) is 23.7 Å². The minimum atomic E-state index is -0.481. The minimum absolute atomic E-state index is 0.326. The number of esters is 1. The Morgan fingerprint density at radius 3 is 2.89 bits per heavy atom. The van der Waals surface area contributed by atoms with E-state index in [0.717, 1.165) is 12.0 Å². The lowest BCUT2D eigenvalue weighted by atomic mass is 10.1. The fourth-order valence-corrected chi connectivity index (χ4v) is 1.76.